The normalized spacial score (nSPS) is 14.3. The second-order valence-electron chi connectivity index (χ2n) is 7.90. The molecule has 0 aliphatic rings. The maximum Gasteiger partial charge on any atom is 0.325 e. The van der Waals surface area contributed by atoms with E-state index >= 15 is 0 Å². The molecule has 0 rings (SSSR count). The number of rotatable bonds is 12. The molecule has 0 atom stereocenters. The smallest absolute Gasteiger partial charge is 0.325 e. The standard InChI is InChI=1S/C20H39N3O3/c1-6-7-8-9-10-11-12-13-14-17(24)22-19(21)23(5)15-18(25)26-16-20(2,3)4/h6-16H2,1-5H3,(H2,21,22,24)/i5D3. The Morgan fingerprint density at radius 1 is 1.08 bits per heavy atom. The summed E-state index contributed by atoms with van der Waals surface area (Å²) in [6, 6.07) is 0. The Bertz CT molecular complexity index is 529. The minimum absolute atomic E-state index is 0.148. The maximum atomic E-state index is 12.0. The van der Waals surface area contributed by atoms with Gasteiger partial charge in [-0.05, 0) is 11.8 Å². The van der Waals surface area contributed by atoms with Crippen molar-refractivity contribution in [2.75, 3.05) is 20.1 Å². The van der Waals surface area contributed by atoms with Crippen LogP contribution in [0.5, 0.6) is 0 Å². The van der Waals surface area contributed by atoms with E-state index in [0.29, 0.717) is 11.3 Å². The van der Waals surface area contributed by atoms with Crippen LogP contribution in [-0.4, -0.2) is 42.9 Å². The summed E-state index contributed by atoms with van der Waals surface area (Å²) >= 11 is 0. The molecule has 152 valence electrons. The molecule has 0 unspecified atom stereocenters. The molecule has 0 bridgehead atoms. The monoisotopic (exact) mass is 372 g/mol. The van der Waals surface area contributed by atoms with Crippen LogP contribution < -0.4 is 5.73 Å². The Balaban J connectivity index is 4.52. The fourth-order valence-electron chi connectivity index (χ4n) is 2.21. The molecule has 0 aromatic heterocycles. The molecule has 26 heavy (non-hydrogen) atoms. The Morgan fingerprint density at radius 2 is 1.65 bits per heavy atom. The number of esters is 1. The average Bonchev–Trinajstić information content (AvgIpc) is 2.58. The van der Waals surface area contributed by atoms with Crippen molar-refractivity contribution in [1.82, 2.24) is 4.90 Å². The van der Waals surface area contributed by atoms with Crippen LogP contribution >= 0.6 is 0 Å². The van der Waals surface area contributed by atoms with Crippen LogP contribution in [-0.2, 0) is 14.3 Å². The molecule has 6 heteroatoms. The van der Waals surface area contributed by atoms with Crippen LogP contribution in [0.15, 0.2) is 4.99 Å². The number of carbonyl (C=O) groups excluding carboxylic acids is 2. The van der Waals surface area contributed by atoms with Gasteiger partial charge in [-0.25, -0.2) is 0 Å². The van der Waals surface area contributed by atoms with E-state index in [4.69, 9.17) is 14.6 Å². The van der Waals surface area contributed by atoms with Gasteiger partial charge in [0.05, 0.1) is 6.61 Å². The molecule has 0 aliphatic heterocycles. The van der Waals surface area contributed by atoms with Crippen molar-refractivity contribution in [3.63, 3.8) is 0 Å². The van der Waals surface area contributed by atoms with Crippen LogP contribution in [0.2, 0.25) is 0 Å². The van der Waals surface area contributed by atoms with E-state index in [0.717, 1.165) is 19.3 Å². The second kappa shape index (κ2) is 13.6. The van der Waals surface area contributed by atoms with E-state index < -0.39 is 31.4 Å². The van der Waals surface area contributed by atoms with Gasteiger partial charge < -0.3 is 15.4 Å². The molecular formula is C20H39N3O3. The third-order valence-electron chi connectivity index (χ3n) is 3.71. The SMILES string of the molecule is [2H]C([2H])([2H])N(CC(=O)OCC(C)(C)C)C(N)=NC(=O)CCCCCCCCCC. The first-order valence-electron chi connectivity index (χ1n) is 11.2. The Morgan fingerprint density at radius 3 is 2.19 bits per heavy atom. The third-order valence-corrected chi connectivity index (χ3v) is 3.71. The van der Waals surface area contributed by atoms with Gasteiger partial charge in [-0.1, -0.05) is 72.6 Å². The minimum Gasteiger partial charge on any atom is -0.464 e. The lowest BCUT2D eigenvalue weighted by molar-refractivity contribution is -0.146. The van der Waals surface area contributed by atoms with Gasteiger partial charge in [-0.3, -0.25) is 9.59 Å². The zero-order valence-corrected chi connectivity index (χ0v) is 17.0. The molecule has 0 saturated carbocycles. The van der Waals surface area contributed by atoms with Crippen molar-refractivity contribution in [3.8, 4) is 0 Å². The molecule has 0 aliphatic carbocycles. The second-order valence-corrected chi connectivity index (χ2v) is 7.90. The molecular weight excluding hydrogens is 330 g/mol. The molecule has 2 N–H and O–H groups in total. The highest BCUT2D eigenvalue weighted by Gasteiger charge is 2.16. The van der Waals surface area contributed by atoms with Gasteiger partial charge in [-0.15, -0.1) is 0 Å². The van der Waals surface area contributed by atoms with Gasteiger partial charge in [0.1, 0.15) is 6.54 Å². The highest BCUT2D eigenvalue weighted by Crippen LogP contribution is 2.13. The van der Waals surface area contributed by atoms with Crippen LogP contribution in [0.1, 0.15) is 89.6 Å². The lowest BCUT2D eigenvalue weighted by atomic mass is 9.99. The summed E-state index contributed by atoms with van der Waals surface area (Å²) in [6.07, 6.45) is 8.98. The predicted molar refractivity (Wildman–Crippen MR) is 107 cm³/mol. The lowest BCUT2D eigenvalue weighted by Crippen LogP contribution is -2.39. The van der Waals surface area contributed by atoms with Crippen LogP contribution in [0.3, 0.4) is 0 Å². The summed E-state index contributed by atoms with van der Waals surface area (Å²) in [5.41, 5.74) is 5.48. The molecule has 6 nitrogen and oxygen atoms in total. The minimum atomic E-state index is -2.70. The number of likely N-dealkylation sites (N-methyl/N-ethyl adjacent to an activating group) is 1. The summed E-state index contributed by atoms with van der Waals surface area (Å²) < 4.78 is 27.7. The van der Waals surface area contributed by atoms with Gasteiger partial charge in [0.15, 0.2) is 5.96 Å². The zero-order valence-electron chi connectivity index (χ0n) is 20.0. The summed E-state index contributed by atoms with van der Waals surface area (Å²) in [4.78, 5) is 28.3. The van der Waals surface area contributed by atoms with Crippen LogP contribution in [0.4, 0.5) is 0 Å². The number of guanidine groups is 1. The number of unbranched alkanes of at least 4 members (excludes halogenated alkanes) is 7. The summed E-state index contributed by atoms with van der Waals surface area (Å²) in [7, 11) is 0. The van der Waals surface area contributed by atoms with E-state index in [2.05, 4.69) is 11.9 Å². The van der Waals surface area contributed by atoms with Crippen molar-refractivity contribution in [1.29, 1.82) is 0 Å². The highest BCUT2D eigenvalue weighted by molar-refractivity contribution is 5.93. The number of hydrogen-bond donors (Lipinski definition) is 1. The van der Waals surface area contributed by atoms with Crippen molar-refractivity contribution >= 4 is 17.8 Å². The number of aliphatic imine (C=N–C) groups is 1. The first-order valence-corrected chi connectivity index (χ1v) is 9.67. The lowest BCUT2D eigenvalue weighted by Gasteiger charge is -2.20. The molecule has 0 heterocycles. The van der Waals surface area contributed by atoms with Crippen molar-refractivity contribution < 1.29 is 18.4 Å². The number of hydrogen-bond acceptors (Lipinski definition) is 3. The molecule has 0 radical (unpaired) electrons. The largest absolute Gasteiger partial charge is 0.464 e. The fraction of sp³-hybridized carbons (Fsp3) is 0.850. The van der Waals surface area contributed by atoms with Gasteiger partial charge in [0, 0.05) is 17.5 Å². The third kappa shape index (κ3) is 14.7. The first-order chi connectivity index (χ1) is 13.4. The number of amides is 1. The quantitative estimate of drug-likeness (QED) is 0.243. The van der Waals surface area contributed by atoms with E-state index in [1.54, 1.807) is 0 Å². The average molecular weight is 373 g/mol. The van der Waals surface area contributed by atoms with Crippen molar-refractivity contribution in [2.45, 2.75) is 85.5 Å². The molecule has 0 spiro atoms. The molecule has 0 aromatic rings. The van der Waals surface area contributed by atoms with Crippen molar-refractivity contribution in [2.24, 2.45) is 16.1 Å². The van der Waals surface area contributed by atoms with Crippen molar-refractivity contribution in [3.05, 3.63) is 0 Å². The van der Waals surface area contributed by atoms with E-state index in [-0.39, 0.29) is 18.4 Å². The number of carbonyl (C=O) groups is 2. The maximum absolute atomic E-state index is 12.0. The topological polar surface area (TPSA) is 85.0 Å². The zero-order chi connectivity index (χ0) is 22.5. The molecule has 0 aromatic carbocycles. The predicted octanol–water partition coefficient (Wildman–Crippen LogP) is 3.88. The van der Waals surface area contributed by atoms with E-state index in [1.807, 2.05) is 20.8 Å². The highest BCUT2D eigenvalue weighted by atomic mass is 16.5. The van der Waals surface area contributed by atoms with Gasteiger partial charge >= 0.3 is 5.97 Å². The first kappa shape index (κ1) is 19.2. The van der Waals surface area contributed by atoms with Gasteiger partial charge in [0.2, 0.25) is 5.91 Å². The van der Waals surface area contributed by atoms with Gasteiger partial charge in [-0.2, -0.15) is 4.99 Å². The number of nitrogens with zero attached hydrogens (tertiary/aromatic N) is 2. The number of ether oxygens (including phenoxy) is 1. The fourth-order valence-corrected chi connectivity index (χ4v) is 2.21. The van der Waals surface area contributed by atoms with E-state index in [1.165, 1.54) is 25.7 Å². The molecule has 0 saturated heterocycles. The Kier molecular flexibility index (Phi) is 10.0. The Hall–Kier alpha value is -1.59. The van der Waals surface area contributed by atoms with E-state index in [9.17, 15) is 9.59 Å². The summed E-state index contributed by atoms with van der Waals surface area (Å²) in [5, 5.41) is 0. The summed E-state index contributed by atoms with van der Waals surface area (Å²) in [5.74, 6) is -1.70. The summed E-state index contributed by atoms with van der Waals surface area (Å²) in [6.45, 7) is 4.71. The van der Waals surface area contributed by atoms with Gasteiger partial charge in [0.25, 0.3) is 0 Å². The number of nitrogens with two attached hydrogens (primary N) is 1. The Labute approximate surface area is 163 Å². The van der Waals surface area contributed by atoms with Crippen LogP contribution in [0.25, 0.3) is 0 Å². The molecule has 0 fully saturated rings. The van der Waals surface area contributed by atoms with Crippen LogP contribution in [0, 0.1) is 5.41 Å². The molecule has 1 amide bonds.